The minimum atomic E-state index is -0.301. The molecule has 1 amide bonds. The zero-order chi connectivity index (χ0) is 21.1. The van der Waals surface area contributed by atoms with E-state index in [4.69, 9.17) is 0 Å². The molecule has 0 spiro atoms. The molecule has 3 heterocycles. The SMILES string of the molecule is Cc1ccc(C(NC(=O)Cn2nc(-c3ccc(C)s3)ccc2=O)c2cccs2)cc1. The Labute approximate surface area is 182 Å². The Balaban J connectivity index is 1.57. The molecule has 0 saturated heterocycles. The number of nitrogens with zero attached hydrogens (tertiary/aromatic N) is 2. The zero-order valence-electron chi connectivity index (χ0n) is 16.7. The standard InChI is InChI=1S/C23H21N3O2S2/c1-15-5-8-17(9-6-15)23(20-4-3-13-29-20)24-21(27)14-26-22(28)12-10-18(25-26)19-11-7-16(2)30-19/h3-13,23H,14H2,1-2H3,(H,24,27). The molecule has 0 fully saturated rings. The van der Waals surface area contributed by atoms with Crippen LogP contribution in [-0.4, -0.2) is 15.7 Å². The highest BCUT2D eigenvalue weighted by Crippen LogP contribution is 2.27. The van der Waals surface area contributed by atoms with Gasteiger partial charge in [0.15, 0.2) is 0 Å². The molecule has 1 unspecified atom stereocenters. The maximum atomic E-state index is 12.9. The maximum Gasteiger partial charge on any atom is 0.267 e. The fourth-order valence-electron chi connectivity index (χ4n) is 3.14. The van der Waals surface area contributed by atoms with Crippen molar-refractivity contribution in [2.45, 2.75) is 26.4 Å². The van der Waals surface area contributed by atoms with Gasteiger partial charge in [0.1, 0.15) is 12.2 Å². The quantitative estimate of drug-likeness (QED) is 0.483. The molecular weight excluding hydrogens is 414 g/mol. The minimum Gasteiger partial charge on any atom is -0.343 e. The Morgan fingerprint density at radius 1 is 1.07 bits per heavy atom. The number of carbonyl (C=O) groups excluding carboxylic acids is 1. The van der Waals surface area contributed by atoms with E-state index in [-0.39, 0.29) is 24.1 Å². The van der Waals surface area contributed by atoms with Crippen molar-refractivity contribution in [1.82, 2.24) is 15.1 Å². The van der Waals surface area contributed by atoms with Gasteiger partial charge < -0.3 is 5.32 Å². The van der Waals surface area contributed by atoms with Gasteiger partial charge in [0.2, 0.25) is 5.91 Å². The topological polar surface area (TPSA) is 64.0 Å². The van der Waals surface area contributed by atoms with E-state index in [0.29, 0.717) is 5.69 Å². The monoisotopic (exact) mass is 435 g/mol. The van der Waals surface area contributed by atoms with E-state index >= 15 is 0 Å². The molecule has 0 aliphatic carbocycles. The second-order valence-electron chi connectivity index (χ2n) is 7.05. The second-order valence-corrected chi connectivity index (χ2v) is 9.32. The Bertz CT molecular complexity index is 1210. The normalized spacial score (nSPS) is 11.9. The van der Waals surface area contributed by atoms with E-state index < -0.39 is 0 Å². The van der Waals surface area contributed by atoms with Crippen molar-refractivity contribution in [2.24, 2.45) is 0 Å². The summed E-state index contributed by atoms with van der Waals surface area (Å²) < 4.78 is 1.22. The summed E-state index contributed by atoms with van der Waals surface area (Å²) in [6.07, 6.45) is 0. The van der Waals surface area contributed by atoms with Gasteiger partial charge in [-0.15, -0.1) is 22.7 Å². The number of aryl methyl sites for hydroxylation is 2. The van der Waals surface area contributed by atoms with Crippen LogP contribution in [0.15, 0.2) is 70.8 Å². The molecule has 1 atom stereocenters. The molecule has 30 heavy (non-hydrogen) atoms. The Kier molecular flexibility index (Phi) is 5.92. The molecular formula is C23H21N3O2S2. The first kappa shape index (κ1) is 20.3. The summed E-state index contributed by atoms with van der Waals surface area (Å²) in [4.78, 5) is 28.3. The lowest BCUT2D eigenvalue weighted by molar-refractivity contribution is -0.122. The summed E-state index contributed by atoms with van der Waals surface area (Å²) in [5.74, 6) is -0.261. The molecule has 0 aliphatic rings. The second kappa shape index (κ2) is 8.77. The van der Waals surface area contributed by atoms with Gasteiger partial charge in [-0.25, -0.2) is 4.68 Å². The zero-order valence-corrected chi connectivity index (χ0v) is 18.3. The van der Waals surface area contributed by atoms with Crippen LogP contribution in [0.2, 0.25) is 0 Å². The molecule has 3 aromatic heterocycles. The van der Waals surface area contributed by atoms with Gasteiger partial charge in [0.05, 0.1) is 10.9 Å². The summed E-state index contributed by atoms with van der Waals surface area (Å²) in [5, 5.41) is 9.46. The summed E-state index contributed by atoms with van der Waals surface area (Å²) in [5.41, 5.74) is 2.55. The third kappa shape index (κ3) is 4.58. The lowest BCUT2D eigenvalue weighted by Crippen LogP contribution is -2.35. The number of carbonyl (C=O) groups is 1. The molecule has 4 aromatic rings. The van der Waals surface area contributed by atoms with E-state index in [1.54, 1.807) is 28.7 Å². The Morgan fingerprint density at radius 2 is 1.87 bits per heavy atom. The number of hydrogen-bond acceptors (Lipinski definition) is 5. The van der Waals surface area contributed by atoms with E-state index in [1.165, 1.54) is 15.6 Å². The third-order valence-corrected chi connectivity index (χ3v) is 6.66. The van der Waals surface area contributed by atoms with E-state index in [1.807, 2.05) is 67.8 Å². The lowest BCUT2D eigenvalue weighted by atomic mass is 10.0. The van der Waals surface area contributed by atoms with Gasteiger partial charge >= 0.3 is 0 Å². The van der Waals surface area contributed by atoms with Crippen LogP contribution >= 0.6 is 22.7 Å². The highest BCUT2D eigenvalue weighted by atomic mass is 32.1. The van der Waals surface area contributed by atoms with E-state index in [9.17, 15) is 9.59 Å². The number of hydrogen-bond donors (Lipinski definition) is 1. The Hall–Kier alpha value is -3.03. The van der Waals surface area contributed by atoms with Gasteiger partial charge in [-0.1, -0.05) is 35.9 Å². The molecule has 0 aliphatic heterocycles. The van der Waals surface area contributed by atoms with Crippen molar-refractivity contribution in [1.29, 1.82) is 0 Å². The van der Waals surface area contributed by atoms with Gasteiger partial charge in [-0.2, -0.15) is 5.10 Å². The van der Waals surface area contributed by atoms with Gasteiger partial charge in [-0.3, -0.25) is 9.59 Å². The fourth-order valence-corrected chi connectivity index (χ4v) is 4.78. The van der Waals surface area contributed by atoms with Crippen LogP contribution in [0.25, 0.3) is 10.6 Å². The molecule has 7 heteroatoms. The van der Waals surface area contributed by atoms with E-state index in [2.05, 4.69) is 10.4 Å². The largest absolute Gasteiger partial charge is 0.343 e. The van der Waals surface area contributed by atoms with Crippen molar-refractivity contribution in [3.63, 3.8) is 0 Å². The number of amides is 1. The predicted molar refractivity (Wildman–Crippen MR) is 122 cm³/mol. The van der Waals surface area contributed by atoms with Crippen LogP contribution in [0.1, 0.15) is 26.9 Å². The first-order valence-electron chi connectivity index (χ1n) is 9.54. The van der Waals surface area contributed by atoms with Gasteiger partial charge in [0, 0.05) is 15.8 Å². The van der Waals surface area contributed by atoms with Crippen LogP contribution in [-0.2, 0) is 11.3 Å². The summed E-state index contributed by atoms with van der Waals surface area (Å²) in [6.45, 7) is 3.92. The van der Waals surface area contributed by atoms with E-state index in [0.717, 1.165) is 20.9 Å². The average molecular weight is 436 g/mol. The number of aromatic nitrogens is 2. The van der Waals surface area contributed by atoms with Crippen molar-refractivity contribution in [3.05, 3.63) is 97.3 Å². The predicted octanol–water partition coefficient (Wildman–Crippen LogP) is 4.56. The highest BCUT2D eigenvalue weighted by Gasteiger charge is 2.19. The number of thiophene rings is 2. The highest BCUT2D eigenvalue weighted by molar-refractivity contribution is 7.15. The molecule has 0 saturated carbocycles. The minimum absolute atomic E-state index is 0.134. The van der Waals surface area contributed by atoms with Crippen LogP contribution in [0.4, 0.5) is 0 Å². The number of rotatable bonds is 6. The number of benzene rings is 1. The van der Waals surface area contributed by atoms with Crippen molar-refractivity contribution >= 4 is 28.6 Å². The smallest absolute Gasteiger partial charge is 0.267 e. The molecule has 5 nitrogen and oxygen atoms in total. The first-order chi connectivity index (χ1) is 14.5. The average Bonchev–Trinajstić information content (AvgIpc) is 3.41. The Morgan fingerprint density at radius 3 is 2.53 bits per heavy atom. The molecule has 4 rings (SSSR count). The van der Waals surface area contributed by atoms with Crippen LogP contribution in [0, 0.1) is 13.8 Å². The van der Waals surface area contributed by atoms with Crippen LogP contribution in [0.3, 0.4) is 0 Å². The van der Waals surface area contributed by atoms with Crippen molar-refractivity contribution in [2.75, 3.05) is 0 Å². The summed E-state index contributed by atoms with van der Waals surface area (Å²) >= 11 is 3.19. The summed E-state index contributed by atoms with van der Waals surface area (Å²) in [7, 11) is 0. The number of nitrogens with one attached hydrogen (secondary N) is 1. The van der Waals surface area contributed by atoms with Crippen molar-refractivity contribution in [3.8, 4) is 10.6 Å². The first-order valence-corrected chi connectivity index (χ1v) is 11.2. The summed E-state index contributed by atoms with van der Waals surface area (Å²) in [6, 6.07) is 18.9. The van der Waals surface area contributed by atoms with Crippen LogP contribution in [0.5, 0.6) is 0 Å². The molecule has 0 radical (unpaired) electrons. The van der Waals surface area contributed by atoms with Gasteiger partial charge in [-0.05, 0) is 49.1 Å². The fraction of sp³-hybridized carbons (Fsp3) is 0.174. The van der Waals surface area contributed by atoms with Crippen molar-refractivity contribution < 1.29 is 4.79 Å². The van der Waals surface area contributed by atoms with Crippen LogP contribution < -0.4 is 10.9 Å². The molecule has 0 bridgehead atoms. The third-order valence-electron chi connectivity index (χ3n) is 4.70. The molecule has 1 N–H and O–H groups in total. The lowest BCUT2D eigenvalue weighted by Gasteiger charge is -2.18. The maximum absolute atomic E-state index is 12.9. The van der Waals surface area contributed by atoms with Gasteiger partial charge in [0.25, 0.3) is 5.56 Å². The molecule has 152 valence electrons. The molecule has 1 aromatic carbocycles.